The summed E-state index contributed by atoms with van der Waals surface area (Å²) in [6.07, 6.45) is -8.75. The van der Waals surface area contributed by atoms with E-state index in [1.54, 1.807) is 0 Å². The fourth-order valence-corrected chi connectivity index (χ4v) is 1.01. The fraction of sp³-hybridized carbons (Fsp3) is 1.00. The summed E-state index contributed by atoms with van der Waals surface area (Å²) in [7, 11) is -5.05. The summed E-state index contributed by atoms with van der Waals surface area (Å²) in [5.41, 5.74) is 0. The Bertz CT molecular complexity index is 245. The predicted octanol–water partition coefficient (Wildman–Crippen LogP) is 1.10. The molecule has 1 N–H and O–H groups in total. The third-order valence-electron chi connectivity index (χ3n) is 0.889. The van der Waals surface area contributed by atoms with Gasteiger partial charge in [-0.05, 0) is 0 Å². The largest absolute Gasteiger partial charge is 0.397 e. The molecular weight excluding hydrogens is 220 g/mol. The Morgan fingerprint density at radius 3 is 2.08 bits per heavy atom. The van der Waals surface area contributed by atoms with Crippen molar-refractivity contribution in [3.63, 3.8) is 0 Å². The first kappa shape index (κ1) is 12.6. The van der Waals surface area contributed by atoms with Gasteiger partial charge in [0.2, 0.25) is 0 Å². The molecule has 0 aliphatic heterocycles. The number of halogens is 4. The lowest BCUT2D eigenvalue weighted by Gasteiger charge is -2.13. The molecule has 0 saturated heterocycles. The molecule has 0 rings (SSSR count). The summed E-state index contributed by atoms with van der Waals surface area (Å²) in [6, 6.07) is 0. The van der Waals surface area contributed by atoms with Gasteiger partial charge in [-0.1, -0.05) is 0 Å². The molecule has 0 heterocycles. The average Bonchev–Trinajstić information content (AvgIpc) is 1.79. The number of hydrogen-bond donors (Lipinski definition) is 1. The maximum absolute atomic E-state index is 11.7. The topological polar surface area (TPSA) is 63.6 Å². The van der Waals surface area contributed by atoms with Crippen LogP contribution in [0.4, 0.5) is 17.6 Å². The van der Waals surface area contributed by atoms with Crippen molar-refractivity contribution in [3.05, 3.63) is 0 Å². The van der Waals surface area contributed by atoms with Crippen molar-refractivity contribution in [1.29, 1.82) is 0 Å². The quantitative estimate of drug-likeness (QED) is 0.575. The van der Waals surface area contributed by atoms with Crippen LogP contribution in [-0.2, 0) is 14.6 Å². The van der Waals surface area contributed by atoms with Crippen molar-refractivity contribution in [1.82, 2.24) is 0 Å². The van der Waals surface area contributed by atoms with Crippen molar-refractivity contribution in [2.45, 2.75) is 18.7 Å². The second kappa shape index (κ2) is 4.20. The van der Waals surface area contributed by atoms with Crippen LogP contribution in [0.15, 0.2) is 0 Å². The van der Waals surface area contributed by atoms with Crippen molar-refractivity contribution in [2.75, 3.05) is 6.67 Å². The first-order valence-corrected chi connectivity index (χ1v) is 4.29. The van der Waals surface area contributed by atoms with Crippen LogP contribution in [0, 0.1) is 0 Å². The van der Waals surface area contributed by atoms with Crippen molar-refractivity contribution >= 4 is 10.4 Å². The smallest absolute Gasteiger partial charge is 0.264 e. The molecule has 0 aromatic carbocycles. The van der Waals surface area contributed by atoms with Gasteiger partial charge in [0.15, 0.2) is 0 Å². The van der Waals surface area contributed by atoms with Crippen LogP contribution in [0.3, 0.4) is 0 Å². The van der Waals surface area contributed by atoms with Gasteiger partial charge in [0.05, 0.1) is 6.42 Å². The predicted molar refractivity (Wildman–Crippen MR) is 33.1 cm³/mol. The minimum absolute atomic E-state index is 1.65. The van der Waals surface area contributed by atoms with E-state index in [0.29, 0.717) is 0 Å². The van der Waals surface area contributed by atoms with Crippen LogP contribution in [0.5, 0.6) is 0 Å². The molecule has 80 valence electrons. The highest BCUT2D eigenvalue weighted by Crippen LogP contribution is 2.23. The normalized spacial score (nSPS) is 15.8. The van der Waals surface area contributed by atoms with Gasteiger partial charge in [0.1, 0.15) is 12.8 Å². The number of hydrogen-bond acceptors (Lipinski definition) is 3. The van der Waals surface area contributed by atoms with Gasteiger partial charge in [-0.25, -0.2) is 8.57 Å². The molecule has 1 atom stereocenters. The Hall–Kier alpha value is -0.410. The highest BCUT2D eigenvalue weighted by molar-refractivity contribution is 7.80. The summed E-state index contributed by atoms with van der Waals surface area (Å²) in [5.74, 6) is 0. The molecule has 0 radical (unpaired) electrons. The van der Waals surface area contributed by atoms with Crippen LogP contribution >= 0.6 is 0 Å². The molecule has 0 aliphatic rings. The Kier molecular flexibility index (Phi) is 4.07. The van der Waals surface area contributed by atoms with E-state index in [4.69, 9.17) is 4.55 Å². The van der Waals surface area contributed by atoms with E-state index < -0.39 is 35.8 Å². The average molecular weight is 226 g/mol. The fourth-order valence-electron chi connectivity index (χ4n) is 0.544. The van der Waals surface area contributed by atoms with E-state index in [-0.39, 0.29) is 0 Å². The maximum atomic E-state index is 11.7. The summed E-state index contributed by atoms with van der Waals surface area (Å²) in [5, 5.41) is 0. The molecule has 0 amide bonds. The second-order valence-electron chi connectivity index (χ2n) is 2.12. The molecule has 0 aliphatic carbocycles. The zero-order valence-corrected chi connectivity index (χ0v) is 6.90. The molecule has 4 nitrogen and oxygen atoms in total. The van der Waals surface area contributed by atoms with E-state index in [1.807, 2.05) is 0 Å². The lowest BCUT2D eigenvalue weighted by atomic mass is 10.3. The summed E-state index contributed by atoms with van der Waals surface area (Å²) >= 11 is 0. The molecule has 0 bridgehead atoms. The van der Waals surface area contributed by atoms with Crippen LogP contribution in [-0.4, -0.2) is 31.9 Å². The first-order chi connectivity index (χ1) is 5.64. The Labute approximate surface area is 71.4 Å². The second-order valence-corrected chi connectivity index (χ2v) is 3.17. The van der Waals surface area contributed by atoms with Crippen LogP contribution in [0.25, 0.3) is 0 Å². The lowest BCUT2D eigenvalue weighted by Crippen LogP contribution is -2.26. The van der Waals surface area contributed by atoms with Crippen LogP contribution < -0.4 is 0 Å². The molecule has 1 unspecified atom stereocenters. The molecular formula is C4H6F4O4S. The molecule has 0 aromatic heterocycles. The SMILES string of the molecule is O=S(=O)(O)OC(CF)CC(F)(F)F. The third-order valence-corrected chi connectivity index (χ3v) is 1.40. The highest BCUT2D eigenvalue weighted by atomic mass is 32.3. The zero-order chi connectivity index (χ0) is 10.7. The van der Waals surface area contributed by atoms with Gasteiger partial charge < -0.3 is 0 Å². The van der Waals surface area contributed by atoms with Crippen LogP contribution in [0.2, 0.25) is 0 Å². The lowest BCUT2D eigenvalue weighted by molar-refractivity contribution is -0.152. The van der Waals surface area contributed by atoms with Gasteiger partial charge in [-0.3, -0.25) is 4.55 Å². The van der Waals surface area contributed by atoms with E-state index >= 15 is 0 Å². The van der Waals surface area contributed by atoms with Gasteiger partial charge in [0.25, 0.3) is 0 Å². The van der Waals surface area contributed by atoms with Crippen LogP contribution in [0.1, 0.15) is 6.42 Å². The van der Waals surface area contributed by atoms with E-state index in [0.717, 1.165) is 0 Å². The Morgan fingerprint density at radius 2 is 1.85 bits per heavy atom. The third kappa shape index (κ3) is 7.94. The monoisotopic (exact) mass is 226 g/mol. The summed E-state index contributed by atoms with van der Waals surface area (Å²) in [4.78, 5) is 0. The van der Waals surface area contributed by atoms with Gasteiger partial charge in [-0.2, -0.15) is 21.6 Å². The van der Waals surface area contributed by atoms with Crippen molar-refractivity contribution < 1.29 is 34.7 Å². The standard InChI is InChI=1S/C4H6F4O4S/c5-2-3(1-4(6,7)8)12-13(9,10)11/h3H,1-2H2,(H,9,10,11). The van der Waals surface area contributed by atoms with E-state index in [2.05, 4.69) is 4.18 Å². The van der Waals surface area contributed by atoms with Crippen molar-refractivity contribution in [3.8, 4) is 0 Å². The Morgan fingerprint density at radius 1 is 1.38 bits per heavy atom. The van der Waals surface area contributed by atoms with Gasteiger partial charge >= 0.3 is 16.6 Å². The van der Waals surface area contributed by atoms with E-state index in [1.165, 1.54) is 0 Å². The van der Waals surface area contributed by atoms with E-state index in [9.17, 15) is 26.0 Å². The minimum atomic E-state index is -5.05. The molecule has 0 saturated carbocycles. The molecule has 13 heavy (non-hydrogen) atoms. The first-order valence-electron chi connectivity index (χ1n) is 2.92. The highest BCUT2D eigenvalue weighted by Gasteiger charge is 2.34. The molecule has 0 fully saturated rings. The van der Waals surface area contributed by atoms with Crippen molar-refractivity contribution in [2.24, 2.45) is 0 Å². The van der Waals surface area contributed by atoms with Gasteiger partial charge in [-0.15, -0.1) is 0 Å². The van der Waals surface area contributed by atoms with Gasteiger partial charge in [0, 0.05) is 0 Å². The summed E-state index contributed by atoms with van der Waals surface area (Å²) < 4.78 is 77.5. The number of alkyl halides is 4. The summed E-state index contributed by atoms with van der Waals surface area (Å²) in [6.45, 7) is -1.65. The number of rotatable bonds is 4. The zero-order valence-electron chi connectivity index (χ0n) is 6.08. The molecule has 9 heteroatoms. The molecule has 0 aromatic rings. The minimum Gasteiger partial charge on any atom is -0.264 e. The Balaban J connectivity index is 4.22. The molecule has 0 spiro atoms. The maximum Gasteiger partial charge on any atom is 0.397 e.